The van der Waals surface area contributed by atoms with Crippen molar-refractivity contribution < 1.29 is 9.90 Å². The quantitative estimate of drug-likeness (QED) is 0.372. The van der Waals surface area contributed by atoms with Gasteiger partial charge in [0.2, 0.25) is 0 Å². The standard InChI is InChI=1S/C21H21ClN4O2S/c1-29-21-25-12-17(20(28)24-10-14-5-3-2-4-6-14)19(26-21)23-11-15-7-8-16(13-27)18(22)9-15/h2-9,12,27H,10-11,13H2,1H3,(H,24,28)(H,23,25,26). The fraction of sp³-hybridized carbons (Fsp3) is 0.190. The molecule has 3 N–H and O–H groups in total. The highest BCUT2D eigenvalue weighted by atomic mass is 35.5. The van der Waals surface area contributed by atoms with E-state index in [9.17, 15) is 9.90 Å². The molecule has 1 heterocycles. The normalized spacial score (nSPS) is 10.6. The summed E-state index contributed by atoms with van der Waals surface area (Å²) in [5.74, 6) is 0.204. The Bertz CT molecular complexity index is 986. The maximum absolute atomic E-state index is 12.7. The Kier molecular flexibility index (Phi) is 7.46. The van der Waals surface area contributed by atoms with Gasteiger partial charge in [0.15, 0.2) is 5.16 Å². The molecule has 2 aromatic carbocycles. The van der Waals surface area contributed by atoms with Crippen LogP contribution in [0.25, 0.3) is 0 Å². The number of aliphatic hydroxyl groups is 1. The lowest BCUT2D eigenvalue weighted by molar-refractivity contribution is 0.0951. The predicted octanol–water partition coefficient (Wildman–Crippen LogP) is 3.89. The topological polar surface area (TPSA) is 87.1 Å². The van der Waals surface area contributed by atoms with Gasteiger partial charge < -0.3 is 15.7 Å². The molecule has 3 aromatic rings. The van der Waals surface area contributed by atoms with E-state index < -0.39 is 0 Å². The molecule has 0 aliphatic heterocycles. The van der Waals surface area contributed by atoms with Crippen molar-refractivity contribution in [2.24, 2.45) is 0 Å². The number of nitrogens with zero attached hydrogens (tertiary/aromatic N) is 2. The predicted molar refractivity (Wildman–Crippen MR) is 116 cm³/mol. The maximum atomic E-state index is 12.7. The van der Waals surface area contributed by atoms with Gasteiger partial charge in [0.05, 0.1) is 6.61 Å². The van der Waals surface area contributed by atoms with Crippen molar-refractivity contribution in [2.45, 2.75) is 24.9 Å². The van der Waals surface area contributed by atoms with Crippen LogP contribution in [0.15, 0.2) is 59.9 Å². The van der Waals surface area contributed by atoms with Crippen LogP contribution in [0, 0.1) is 0 Å². The SMILES string of the molecule is CSc1ncc(C(=O)NCc2ccccc2)c(NCc2ccc(CO)c(Cl)c2)n1. The van der Waals surface area contributed by atoms with E-state index in [2.05, 4.69) is 20.6 Å². The highest BCUT2D eigenvalue weighted by Gasteiger charge is 2.15. The van der Waals surface area contributed by atoms with E-state index in [1.165, 1.54) is 18.0 Å². The Labute approximate surface area is 178 Å². The molecule has 0 spiro atoms. The zero-order chi connectivity index (χ0) is 20.6. The minimum Gasteiger partial charge on any atom is -0.392 e. The summed E-state index contributed by atoms with van der Waals surface area (Å²) in [6.45, 7) is 0.734. The molecular weight excluding hydrogens is 408 g/mol. The number of thioether (sulfide) groups is 1. The van der Waals surface area contributed by atoms with Gasteiger partial charge in [-0.05, 0) is 29.0 Å². The van der Waals surface area contributed by atoms with Crippen LogP contribution in [0.1, 0.15) is 27.0 Å². The first-order valence-electron chi connectivity index (χ1n) is 8.96. The van der Waals surface area contributed by atoms with Gasteiger partial charge >= 0.3 is 0 Å². The third-order valence-electron chi connectivity index (χ3n) is 4.24. The second-order valence-electron chi connectivity index (χ2n) is 6.22. The summed E-state index contributed by atoms with van der Waals surface area (Å²) in [5, 5.41) is 16.4. The van der Waals surface area contributed by atoms with Gasteiger partial charge in [-0.25, -0.2) is 9.97 Å². The molecule has 0 unspecified atom stereocenters. The van der Waals surface area contributed by atoms with Crippen molar-refractivity contribution in [1.82, 2.24) is 15.3 Å². The number of anilines is 1. The zero-order valence-electron chi connectivity index (χ0n) is 15.9. The minimum atomic E-state index is -0.252. The first-order chi connectivity index (χ1) is 14.1. The highest BCUT2D eigenvalue weighted by Crippen LogP contribution is 2.21. The van der Waals surface area contributed by atoms with Crippen molar-refractivity contribution >= 4 is 35.1 Å². The third-order valence-corrected chi connectivity index (χ3v) is 5.15. The maximum Gasteiger partial charge on any atom is 0.256 e. The molecule has 0 bridgehead atoms. The first kappa shape index (κ1) is 21.1. The minimum absolute atomic E-state index is 0.110. The Morgan fingerprint density at radius 2 is 1.93 bits per heavy atom. The van der Waals surface area contributed by atoms with Gasteiger partial charge in [0.1, 0.15) is 11.4 Å². The van der Waals surface area contributed by atoms with Crippen LogP contribution in [0.2, 0.25) is 5.02 Å². The Morgan fingerprint density at radius 1 is 1.14 bits per heavy atom. The fourth-order valence-electron chi connectivity index (χ4n) is 2.65. The van der Waals surface area contributed by atoms with Crippen molar-refractivity contribution in [3.05, 3.63) is 82.0 Å². The Balaban J connectivity index is 1.74. The van der Waals surface area contributed by atoms with Crippen molar-refractivity contribution in [1.29, 1.82) is 0 Å². The molecule has 0 fully saturated rings. The molecule has 29 heavy (non-hydrogen) atoms. The van der Waals surface area contributed by atoms with Crippen LogP contribution in [0.3, 0.4) is 0 Å². The number of rotatable bonds is 8. The number of carbonyl (C=O) groups excluding carboxylic acids is 1. The third kappa shape index (κ3) is 5.69. The molecule has 1 aromatic heterocycles. The lowest BCUT2D eigenvalue weighted by atomic mass is 10.1. The largest absolute Gasteiger partial charge is 0.392 e. The molecule has 6 nitrogen and oxygen atoms in total. The Morgan fingerprint density at radius 3 is 2.62 bits per heavy atom. The molecule has 0 saturated heterocycles. The van der Waals surface area contributed by atoms with Gasteiger partial charge in [-0.15, -0.1) is 0 Å². The summed E-state index contributed by atoms with van der Waals surface area (Å²) in [6, 6.07) is 15.1. The summed E-state index contributed by atoms with van der Waals surface area (Å²) in [7, 11) is 0. The fourth-order valence-corrected chi connectivity index (χ4v) is 3.26. The van der Waals surface area contributed by atoms with Gasteiger partial charge in [-0.3, -0.25) is 4.79 Å². The average molecular weight is 429 g/mol. The molecule has 0 atom stereocenters. The van der Waals surface area contributed by atoms with Gasteiger partial charge in [-0.1, -0.05) is 65.8 Å². The number of hydrogen-bond acceptors (Lipinski definition) is 6. The van der Waals surface area contributed by atoms with Crippen LogP contribution in [-0.2, 0) is 19.7 Å². The molecule has 0 saturated carbocycles. The molecular formula is C21H21ClN4O2S. The summed E-state index contributed by atoms with van der Waals surface area (Å²) in [6.07, 6.45) is 3.41. The first-order valence-corrected chi connectivity index (χ1v) is 10.6. The van der Waals surface area contributed by atoms with Gasteiger partial charge in [0, 0.05) is 24.3 Å². The van der Waals surface area contributed by atoms with Gasteiger partial charge in [-0.2, -0.15) is 0 Å². The molecule has 0 radical (unpaired) electrons. The lowest BCUT2D eigenvalue weighted by Gasteiger charge is -2.13. The molecule has 3 rings (SSSR count). The van der Waals surface area contributed by atoms with Crippen LogP contribution >= 0.6 is 23.4 Å². The highest BCUT2D eigenvalue weighted by molar-refractivity contribution is 7.98. The number of halogens is 1. The number of aromatic nitrogens is 2. The summed E-state index contributed by atoms with van der Waals surface area (Å²) in [5.41, 5.74) is 2.96. The number of amides is 1. The molecule has 1 amide bonds. The summed E-state index contributed by atoms with van der Waals surface area (Å²) >= 11 is 7.56. The molecule has 150 valence electrons. The van der Waals surface area contributed by atoms with Gasteiger partial charge in [0.25, 0.3) is 5.91 Å². The van der Waals surface area contributed by atoms with Crippen molar-refractivity contribution in [3.8, 4) is 0 Å². The zero-order valence-corrected chi connectivity index (χ0v) is 17.4. The average Bonchev–Trinajstić information content (AvgIpc) is 2.76. The lowest BCUT2D eigenvalue weighted by Crippen LogP contribution is -2.24. The molecule has 0 aliphatic rings. The number of nitrogens with one attached hydrogen (secondary N) is 2. The van der Waals surface area contributed by atoms with E-state index in [1.807, 2.05) is 42.7 Å². The van der Waals surface area contributed by atoms with E-state index in [0.717, 1.165) is 11.1 Å². The van der Waals surface area contributed by atoms with Crippen molar-refractivity contribution in [2.75, 3.05) is 11.6 Å². The van der Waals surface area contributed by atoms with E-state index >= 15 is 0 Å². The smallest absolute Gasteiger partial charge is 0.256 e. The van der Waals surface area contributed by atoms with E-state index in [1.54, 1.807) is 12.1 Å². The van der Waals surface area contributed by atoms with E-state index in [0.29, 0.717) is 40.2 Å². The number of benzene rings is 2. The van der Waals surface area contributed by atoms with E-state index in [-0.39, 0.29) is 12.5 Å². The van der Waals surface area contributed by atoms with Crippen LogP contribution in [0.4, 0.5) is 5.82 Å². The second kappa shape index (κ2) is 10.2. The Hall–Kier alpha value is -2.61. The van der Waals surface area contributed by atoms with E-state index in [4.69, 9.17) is 11.6 Å². The second-order valence-corrected chi connectivity index (χ2v) is 7.41. The van der Waals surface area contributed by atoms with Crippen LogP contribution < -0.4 is 10.6 Å². The summed E-state index contributed by atoms with van der Waals surface area (Å²) in [4.78, 5) is 21.4. The van der Waals surface area contributed by atoms with Crippen LogP contribution in [0.5, 0.6) is 0 Å². The molecule has 8 heteroatoms. The number of aliphatic hydroxyl groups excluding tert-OH is 1. The monoisotopic (exact) mass is 428 g/mol. The number of hydrogen-bond donors (Lipinski definition) is 3. The number of carbonyl (C=O) groups is 1. The summed E-state index contributed by atoms with van der Waals surface area (Å²) < 4.78 is 0. The van der Waals surface area contributed by atoms with Crippen LogP contribution in [-0.4, -0.2) is 27.2 Å². The molecule has 0 aliphatic carbocycles. The van der Waals surface area contributed by atoms with Crippen molar-refractivity contribution in [3.63, 3.8) is 0 Å².